The van der Waals surface area contributed by atoms with Crippen LogP contribution in [-0.2, 0) is 4.79 Å². The zero-order valence-corrected chi connectivity index (χ0v) is 12.4. The number of amides is 1. The maximum atomic E-state index is 11.6. The quantitative estimate of drug-likeness (QED) is 0.814. The Morgan fingerprint density at radius 3 is 2.91 bits per heavy atom. The van der Waals surface area contributed by atoms with E-state index < -0.39 is 0 Å². The number of rotatable bonds is 4. The van der Waals surface area contributed by atoms with E-state index in [1.165, 1.54) is 18.9 Å². The molecule has 0 bridgehead atoms. The van der Waals surface area contributed by atoms with Gasteiger partial charge < -0.3 is 4.90 Å². The molecular weight excluding hydrogens is 276 g/mol. The summed E-state index contributed by atoms with van der Waals surface area (Å²) in [5, 5.41) is 5.81. The van der Waals surface area contributed by atoms with E-state index >= 15 is 0 Å². The van der Waals surface area contributed by atoms with Crippen LogP contribution < -0.4 is 0 Å². The second-order valence-corrected chi connectivity index (χ2v) is 6.00. The molecule has 1 saturated carbocycles. The number of likely N-dealkylation sites (tertiary alicyclic amines) is 1. The molecule has 0 atom stereocenters. The highest BCUT2D eigenvalue weighted by Crippen LogP contribution is 2.32. The lowest BCUT2D eigenvalue weighted by molar-refractivity contribution is -0.131. The van der Waals surface area contributed by atoms with E-state index in [-0.39, 0.29) is 11.9 Å². The van der Waals surface area contributed by atoms with Crippen LogP contribution in [0, 0.1) is 5.92 Å². The van der Waals surface area contributed by atoms with Crippen molar-refractivity contribution in [1.82, 2.24) is 19.7 Å². The predicted molar refractivity (Wildman–Crippen MR) is 85.1 cm³/mol. The van der Waals surface area contributed by atoms with Crippen molar-refractivity contribution in [2.45, 2.75) is 18.9 Å². The van der Waals surface area contributed by atoms with Crippen LogP contribution in [0.3, 0.4) is 0 Å². The van der Waals surface area contributed by atoms with Crippen molar-refractivity contribution in [2.75, 3.05) is 13.1 Å². The van der Waals surface area contributed by atoms with E-state index in [4.69, 9.17) is 5.10 Å². The molecule has 2 aliphatic rings. The highest BCUT2D eigenvalue weighted by Gasteiger charge is 2.33. The van der Waals surface area contributed by atoms with E-state index in [0.717, 1.165) is 22.6 Å². The normalized spacial score (nSPS) is 18.8. The van der Waals surface area contributed by atoms with E-state index in [1.807, 2.05) is 10.7 Å². The highest BCUT2D eigenvalue weighted by atomic mass is 16.2. The Balaban J connectivity index is 1.64. The first-order valence-corrected chi connectivity index (χ1v) is 7.69. The van der Waals surface area contributed by atoms with Crippen LogP contribution in [0.25, 0.3) is 17.1 Å². The molecule has 1 aliphatic heterocycles. The van der Waals surface area contributed by atoms with Crippen molar-refractivity contribution < 1.29 is 4.79 Å². The zero-order chi connectivity index (χ0) is 15.1. The third kappa shape index (κ3) is 2.22. The van der Waals surface area contributed by atoms with Crippen LogP contribution >= 0.6 is 0 Å². The average Bonchev–Trinajstić information content (AvgIpc) is 3.26. The van der Waals surface area contributed by atoms with Crippen LogP contribution in [0.1, 0.15) is 24.6 Å². The van der Waals surface area contributed by atoms with Crippen molar-refractivity contribution in [3.8, 4) is 0 Å². The first-order valence-electron chi connectivity index (χ1n) is 7.69. The van der Waals surface area contributed by atoms with Gasteiger partial charge >= 0.3 is 0 Å². The Morgan fingerprint density at radius 1 is 1.36 bits per heavy atom. The molecule has 22 heavy (non-hydrogen) atoms. The number of carbonyl (C=O) groups is 1. The third-order valence-electron chi connectivity index (χ3n) is 4.34. The molecule has 1 amide bonds. The van der Waals surface area contributed by atoms with Gasteiger partial charge in [0.05, 0.1) is 11.7 Å². The van der Waals surface area contributed by atoms with E-state index in [2.05, 4.69) is 29.8 Å². The molecule has 112 valence electrons. The van der Waals surface area contributed by atoms with Crippen molar-refractivity contribution in [3.63, 3.8) is 0 Å². The Labute approximate surface area is 128 Å². The second kappa shape index (κ2) is 5.09. The average molecular weight is 294 g/mol. The summed E-state index contributed by atoms with van der Waals surface area (Å²) in [6, 6.07) is 4.20. The lowest BCUT2D eigenvalue weighted by Gasteiger charge is -2.38. The van der Waals surface area contributed by atoms with Gasteiger partial charge in [0.2, 0.25) is 5.91 Å². The Bertz CT molecular complexity index is 766. The maximum absolute atomic E-state index is 11.6. The Kier molecular flexibility index (Phi) is 3.06. The number of pyridine rings is 1. The molecular formula is C17H18N4O. The SMILES string of the molecule is C=CC(=O)N1CC(n2nc(C=CC3CC3)c3cccnc32)C1. The second-order valence-electron chi connectivity index (χ2n) is 6.00. The van der Waals surface area contributed by atoms with Gasteiger partial charge in [-0.3, -0.25) is 4.79 Å². The van der Waals surface area contributed by atoms with Gasteiger partial charge in [0.25, 0.3) is 0 Å². The fourth-order valence-corrected chi connectivity index (χ4v) is 2.81. The lowest BCUT2D eigenvalue weighted by atomic mass is 10.1. The minimum atomic E-state index is -0.0190. The summed E-state index contributed by atoms with van der Waals surface area (Å²) in [4.78, 5) is 17.8. The molecule has 1 saturated heterocycles. The van der Waals surface area contributed by atoms with E-state index in [0.29, 0.717) is 13.1 Å². The molecule has 0 radical (unpaired) electrons. The third-order valence-corrected chi connectivity index (χ3v) is 4.34. The highest BCUT2D eigenvalue weighted by molar-refractivity contribution is 5.88. The summed E-state index contributed by atoms with van der Waals surface area (Å²) in [6.07, 6.45) is 10.1. The summed E-state index contributed by atoms with van der Waals surface area (Å²) in [6.45, 7) is 4.87. The molecule has 3 heterocycles. The van der Waals surface area contributed by atoms with Crippen LogP contribution in [0.4, 0.5) is 0 Å². The molecule has 1 aliphatic carbocycles. The van der Waals surface area contributed by atoms with Gasteiger partial charge in [-0.05, 0) is 43.0 Å². The minimum absolute atomic E-state index is 0.0190. The largest absolute Gasteiger partial charge is 0.335 e. The fourth-order valence-electron chi connectivity index (χ4n) is 2.81. The Morgan fingerprint density at radius 2 is 2.18 bits per heavy atom. The summed E-state index contributed by atoms with van der Waals surface area (Å²) in [7, 11) is 0. The fraction of sp³-hybridized carbons (Fsp3) is 0.353. The molecule has 4 rings (SSSR count). The van der Waals surface area contributed by atoms with Gasteiger partial charge in [-0.25, -0.2) is 9.67 Å². The number of hydrogen-bond acceptors (Lipinski definition) is 3. The summed E-state index contributed by atoms with van der Waals surface area (Å²) < 4.78 is 1.97. The number of hydrogen-bond donors (Lipinski definition) is 0. The number of fused-ring (bicyclic) bond motifs is 1. The Hall–Kier alpha value is -2.43. The van der Waals surface area contributed by atoms with Crippen LogP contribution in [0.5, 0.6) is 0 Å². The van der Waals surface area contributed by atoms with Crippen molar-refractivity contribution >= 4 is 23.0 Å². The van der Waals surface area contributed by atoms with Gasteiger partial charge in [-0.2, -0.15) is 5.10 Å². The summed E-state index contributed by atoms with van der Waals surface area (Å²) in [5.74, 6) is 0.704. The topological polar surface area (TPSA) is 51.0 Å². The zero-order valence-electron chi connectivity index (χ0n) is 12.4. The van der Waals surface area contributed by atoms with E-state index in [9.17, 15) is 4.79 Å². The standard InChI is InChI=1S/C17H18N4O/c1-2-16(22)20-10-13(11-20)21-17-14(4-3-9-18-17)15(19-21)8-7-12-5-6-12/h2-4,7-9,12-13H,1,5-6,10-11H2. The van der Waals surface area contributed by atoms with E-state index in [1.54, 1.807) is 11.1 Å². The summed E-state index contributed by atoms with van der Waals surface area (Å²) in [5.41, 5.74) is 1.87. The van der Waals surface area contributed by atoms with Crippen LogP contribution in [0.15, 0.2) is 37.1 Å². The molecule has 2 aromatic heterocycles. The molecule has 5 nitrogen and oxygen atoms in total. The number of carbonyl (C=O) groups excluding carboxylic acids is 1. The molecule has 0 aromatic carbocycles. The van der Waals surface area contributed by atoms with Gasteiger partial charge in [-0.15, -0.1) is 0 Å². The summed E-state index contributed by atoms with van der Waals surface area (Å²) >= 11 is 0. The monoisotopic (exact) mass is 294 g/mol. The molecule has 0 spiro atoms. The molecule has 0 N–H and O–H groups in total. The van der Waals surface area contributed by atoms with Gasteiger partial charge in [-0.1, -0.05) is 12.7 Å². The first-order chi connectivity index (χ1) is 10.8. The van der Waals surface area contributed by atoms with Crippen LogP contribution in [0.2, 0.25) is 0 Å². The first kappa shape index (κ1) is 13.2. The number of allylic oxidation sites excluding steroid dienone is 1. The van der Waals surface area contributed by atoms with Crippen molar-refractivity contribution in [3.05, 3.63) is 42.8 Å². The predicted octanol–water partition coefficient (Wildman–Crippen LogP) is 2.42. The lowest BCUT2D eigenvalue weighted by Crippen LogP contribution is -2.50. The van der Waals surface area contributed by atoms with Gasteiger partial charge in [0.15, 0.2) is 5.65 Å². The van der Waals surface area contributed by atoms with Gasteiger partial charge in [0.1, 0.15) is 0 Å². The number of aromatic nitrogens is 3. The molecule has 2 fully saturated rings. The minimum Gasteiger partial charge on any atom is -0.335 e. The smallest absolute Gasteiger partial charge is 0.246 e. The molecule has 5 heteroatoms. The molecule has 2 aromatic rings. The molecule has 0 unspecified atom stereocenters. The van der Waals surface area contributed by atoms with Crippen molar-refractivity contribution in [1.29, 1.82) is 0 Å². The van der Waals surface area contributed by atoms with Gasteiger partial charge in [0, 0.05) is 24.7 Å². The van der Waals surface area contributed by atoms with Crippen molar-refractivity contribution in [2.24, 2.45) is 5.92 Å². The number of nitrogens with zero attached hydrogens (tertiary/aromatic N) is 4. The maximum Gasteiger partial charge on any atom is 0.246 e. The van der Waals surface area contributed by atoms with Crippen LogP contribution in [-0.4, -0.2) is 38.7 Å².